The number of aromatic hydroxyl groups is 1. The first-order valence-corrected chi connectivity index (χ1v) is 6.72. The number of hydrogen-bond donors (Lipinski definition) is 1. The molecule has 22 heavy (non-hydrogen) atoms. The Morgan fingerprint density at radius 3 is 2.32 bits per heavy atom. The molecule has 116 valence electrons. The van der Waals surface area contributed by atoms with Crippen molar-refractivity contribution < 1.29 is 24.1 Å². The minimum absolute atomic E-state index is 0.0312. The Balaban J connectivity index is 2.18. The first-order chi connectivity index (χ1) is 10.5. The van der Waals surface area contributed by atoms with Gasteiger partial charge in [-0.1, -0.05) is 6.07 Å². The van der Waals surface area contributed by atoms with Crippen molar-refractivity contribution in [3.63, 3.8) is 0 Å². The Morgan fingerprint density at radius 1 is 1.00 bits per heavy atom. The molecule has 0 saturated heterocycles. The van der Waals surface area contributed by atoms with Gasteiger partial charge in [-0.25, -0.2) is 0 Å². The second kappa shape index (κ2) is 6.85. The van der Waals surface area contributed by atoms with Crippen molar-refractivity contribution in [1.29, 1.82) is 0 Å². The van der Waals surface area contributed by atoms with E-state index in [-0.39, 0.29) is 18.1 Å². The maximum atomic E-state index is 11.6. The summed E-state index contributed by atoms with van der Waals surface area (Å²) in [6.07, 6.45) is 0. The van der Waals surface area contributed by atoms with E-state index in [9.17, 15) is 9.90 Å². The summed E-state index contributed by atoms with van der Waals surface area (Å²) in [4.78, 5) is 11.6. The Morgan fingerprint density at radius 2 is 1.68 bits per heavy atom. The zero-order chi connectivity index (χ0) is 16.1. The van der Waals surface area contributed by atoms with Crippen molar-refractivity contribution in [2.24, 2.45) is 0 Å². The molecule has 0 amide bonds. The number of benzene rings is 2. The first kappa shape index (κ1) is 15.7. The van der Waals surface area contributed by atoms with E-state index in [0.717, 1.165) is 5.56 Å². The minimum Gasteiger partial charge on any atom is -0.508 e. The van der Waals surface area contributed by atoms with Gasteiger partial charge in [-0.05, 0) is 42.8 Å². The predicted octanol–water partition coefficient (Wildman–Crippen LogP) is 3.19. The van der Waals surface area contributed by atoms with Crippen LogP contribution in [0, 0.1) is 0 Å². The lowest BCUT2D eigenvalue weighted by atomic mass is 10.1. The molecule has 0 fully saturated rings. The molecule has 2 rings (SSSR count). The van der Waals surface area contributed by atoms with Crippen LogP contribution in [0.25, 0.3) is 0 Å². The molecule has 5 nitrogen and oxygen atoms in total. The van der Waals surface area contributed by atoms with E-state index in [0.29, 0.717) is 22.8 Å². The highest BCUT2D eigenvalue weighted by molar-refractivity contribution is 5.97. The molecule has 0 atom stereocenters. The van der Waals surface area contributed by atoms with Gasteiger partial charge in [0.2, 0.25) is 0 Å². The molecule has 0 saturated carbocycles. The van der Waals surface area contributed by atoms with E-state index in [4.69, 9.17) is 14.2 Å². The molecule has 2 aromatic rings. The van der Waals surface area contributed by atoms with Crippen LogP contribution in [0.4, 0.5) is 0 Å². The van der Waals surface area contributed by atoms with Gasteiger partial charge in [-0.3, -0.25) is 4.79 Å². The second-order valence-corrected chi connectivity index (χ2v) is 4.71. The van der Waals surface area contributed by atoms with Crippen molar-refractivity contribution >= 4 is 5.78 Å². The lowest BCUT2D eigenvalue weighted by Crippen LogP contribution is -2.02. The molecule has 0 radical (unpaired) electrons. The van der Waals surface area contributed by atoms with Crippen molar-refractivity contribution in [3.8, 4) is 23.0 Å². The zero-order valence-electron chi connectivity index (χ0n) is 12.8. The fourth-order valence-corrected chi connectivity index (χ4v) is 2.05. The van der Waals surface area contributed by atoms with Gasteiger partial charge in [0, 0.05) is 0 Å². The van der Waals surface area contributed by atoms with Crippen molar-refractivity contribution in [2.45, 2.75) is 13.5 Å². The highest BCUT2D eigenvalue weighted by Gasteiger charge is 2.11. The maximum absolute atomic E-state index is 11.6. The van der Waals surface area contributed by atoms with Crippen LogP contribution in [0.1, 0.15) is 22.8 Å². The number of methoxy groups -OCH3 is 2. The minimum atomic E-state index is -0.168. The van der Waals surface area contributed by atoms with E-state index in [1.807, 2.05) is 12.1 Å². The third kappa shape index (κ3) is 3.49. The number of hydrogen-bond acceptors (Lipinski definition) is 5. The number of phenols is 1. The Bertz CT molecular complexity index is 679. The molecule has 0 heterocycles. The average Bonchev–Trinajstić information content (AvgIpc) is 2.53. The van der Waals surface area contributed by atoms with Crippen LogP contribution in [0.15, 0.2) is 36.4 Å². The predicted molar refractivity (Wildman–Crippen MR) is 82.0 cm³/mol. The van der Waals surface area contributed by atoms with Gasteiger partial charge in [0.25, 0.3) is 0 Å². The van der Waals surface area contributed by atoms with E-state index in [2.05, 4.69) is 0 Å². The molecule has 0 bridgehead atoms. The molecule has 0 aliphatic rings. The molecule has 0 unspecified atom stereocenters. The zero-order valence-corrected chi connectivity index (χ0v) is 12.8. The summed E-state index contributed by atoms with van der Waals surface area (Å²) in [5, 5.41) is 9.46. The molecule has 2 aromatic carbocycles. The van der Waals surface area contributed by atoms with Crippen LogP contribution >= 0.6 is 0 Å². The summed E-state index contributed by atoms with van der Waals surface area (Å²) in [6, 6.07) is 9.91. The van der Waals surface area contributed by atoms with Gasteiger partial charge in [-0.2, -0.15) is 0 Å². The number of carbonyl (C=O) groups is 1. The molecule has 5 heteroatoms. The van der Waals surface area contributed by atoms with Gasteiger partial charge in [0.15, 0.2) is 17.3 Å². The molecule has 0 aromatic heterocycles. The number of ether oxygens (including phenoxy) is 3. The van der Waals surface area contributed by atoms with Crippen LogP contribution < -0.4 is 14.2 Å². The largest absolute Gasteiger partial charge is 0.508 e. The van der Waals surface area contributed by atoms with Crippen LogP contribution in [0.5, 0.6) is 23.0 Å². The summed E-state index contributed by atoms with van der Waals surface area (Å²) in [6.45, 7) is 1.70. The number of phenolic OH excluding ortho intramolecular Hbond substituents is 1. The first-order valence-electron chi connectivity index (χ1n) is 6.72. The van der Waals surface area contributed by atoms with E-state index in [1.165, 1.54) is 19.1 Å². The van der Waals surface area contributed by atoms with Crippen LogP contribution in [0.3, 0.4) is 0 Å². The summed E-state index contributed by atoms with van der Waals surface area (Å²) < 4.78 is 16.1. The fourth-order valence-electron chi connectivity index (χ4n) is 2.05. The van der Waals surface area contributed by atoms with Crippen LogP contribution in [-0.2, 0) is 6.61 Å². The average molecular weight is 302 g/mol. The number of Topliss-reactive ketones (excluding diaryl/α,β-unsaturated/α-hetero) is 1. The highest BCUT2D eigenvalue weighted by atomic mass is 16.5. The van der Waals surface area contributed by atoms with Gasteiger partial charge < -0.3 is 19.3 Å². The van der Waals surface area contributed by atoms with E-state index in [1.54, 1.807) is 26.4 Å². The highest BCUT2D eigenvalue weighted by Crippen LogP contribution is 2.29. The Kier molecular flexibility index (Phi) is 4.88. The molecular weight excluding hydrogens is 284 g/mol. The molecule has 0 aliphatic carbocycles. The molecule has 1 N–H and O–H groups in total. The smallest absolute Gasteiger partial charge is 0.163 e. The van der Waals surface area contributed by atoms with E-state index < -0.39 is 0 Å². The molecular formula is C17H18O5. The normalized spacial score (nSPS) is 10.1. The summed E-state index contributed by atoms with van der Waals surface area (Å²) >= 11 is 0. The maximum Gasteiger partial charge on any atom is 0.163 e. The van der Waals surface area contributed by atoms with Gasteiger partial charge in [0.1, 0.15) is 18.1 Å². The number of rotatable bonds is 6. The fraction of sp³-hybridized carbons (Fsp3) is 0.235. The van der Waals surface area contributed by atoms with Gasteiger partial charge >= 0.3 is 0 Å². The lowest BCUT2D eigenvalue weighted by Gasteiger charge is -2.12. The Labute approximate surface area is 129 Å². The van der Waals surface area contributed by atoms with Crippen molar-refractivity contribution in [2.75, 3.05) is 14.2 Å². The van der Waals surface area contributed by atoms with Gasteiger partial charge in [-0.15, -0.1) is 0 Å². The molecule has 0 spiro atoms. The number of ketones is 1. The quantitative estimate of drug-likeness (QED) is 0.830. The molecule has 0 aliphatic heterocycles. The van der Waals surface area contributed by atoms with Crippen molar-refractivity contribution in [3.05, 3.63) is 47.5 Å². The number of carbonyl (C=O) groups excluding carboxylic acids is 1. The van der Waals surface area contributed by atoms with Crippen molar-refractivity contribution in [1.82, 2.24) is 0 Å². The topological polar surface area (TPSA) is 65.0 Å². The lowest BCUT2D eigenvalue weighted by molar-refractivity contribution is 0.101. The standard InChI is InChI=1S/C17H18O5/c1-11(18)14-9-13(19)5-7-15(14)22-10-12-4-6-16(20-2)17(8-12)21-3/h4-9,19H,10H2,1-3H3. The summed E-state index contributed by atoms with van der Waals surface area (Å²) in [5.74, 6) is 1.54. The van der Waals surface area contributed by atoms with Gasteiger partial charge in [0.05, 0.1) is 19.8 Å². The SMILES string of the molecule is COc1ccc(COc2ccc(O)cc2C(C)=O)cc1OC. The van der Waals surface area contributed by atoms with E-state index >= 15 is 0 Å². The Hall–Kier alpha value is -2.69. The monoisotopic (exact) mass is 302 g/mol. The second-order valence-electron chi connectivity index (χ2n) is 4.71. The van der Waals surface area contributed by atoms with Crippen LogP contribution in [-0.4, -0.2) is 25.1 Å². The summed E-state index contributed by atoms with van der Waals surface area (Å²) in [7, 11) is 3.14. The summed E-state index contributed by atoms with van der Waals surface area (Å²) in [5.41, 5.74) is 1.22. The third-order valence-corrected chi connectivity index (χ3v) is 3.18. The third-order valence-electron chi connectivity index (χ3n) is 3.18. The van der Waals surface area contributed by atoms with Crippen LogP contribution in [0.2, 0.25) is 0 Å².